The number of carbonyl (C=O) groups excluding carboxylic acids is 1. The van der Waals surface area contributed by atoms with E-state index < -0.39 is 23.2 Å². The molecule has 0 aliphatic carbocycles. The second-order valence-corrected chi connectivity index (χ2v) is 6.58. The van der Waals surface area contributed by atoms with Crippen LogP contribution in [-0.2, 0) is 4.79 Å². The highest BCUT2D eigenvalue weighted by Gasteiger charge is 2.15. The minimum absolute atomic E-state index is 0.0578. The Balaban J connectivity index is 1.72. The zero-order chi connectivity index (χ0) is 18.7. The summed E-state index contributed by atoms with van der Waals surface area (Å²) in [7, 11) is 0. The third-order valence-corrected chi connectivity index (χ3v) is 4.58. The highest BCUT2D eigenvalue weighted by Crippen LogP contribution is 2.23. The van der Waals surface area contributed by atoms with Gasteiger partial charge in [-0.2, -0.15) is 0 Å². The number of hydrogen-bond acceptors (Lipinski definition) is 4. The minimum atomic E-state index is -0.818. The van der Waals surface area contributed by atoms with E-state index in [4.69, 9.17) is 0 Å². The molecular weight excluding hydrogens is 358 g/mol. The Labute approximate surface area is 153 Å². The van der Waals surface area contributed by atoms with E-state index in [1.165, 1.54) is 6.07 Å². The molecule has 0 bridgehead atoms. The molecule has 1 aromatic heterocycles. The standard InChI is InChI=1S/C18H16F2N4OS/c1-11-6-8-13(9-7-11)24-12(2)22-23-18(24)26-10-16(25)21-17-14(19)4-3-5-15(17)20/h3-9H,10H2,1-2H3,(H,21,25). The van der Waals surface area contributed by atoms with Crippen molar-refractivity contribution < 1.29 is 13.6 Å². The van der Waals surface area contributed by atoms with Crippen LogP contribution in [0.5, 0.6) is 0 Å². The number of carbonyl (C=O) groups is 1. The van der Waals surface area contributed by atoms with Crippen LogP contribution in [0.3, 0.4) is 0 Å². The van der Waals surface area contributed by atoms with Crippen LogP contribution in [0.2, 0.25) is 0 Å². The smallest absolute Gasteiger partial charge is 0.235 e. The Morgan fingerprint density at radius 1 is 1.08 bits per heavy atom. The summed E-state index contributed by atoms with van der Waals surface area (Å²) in [6.07, 6.45) is 0. The Morgan fingerprint density at radius 2 is 1.73 bits per heavy atom. The van der Waals surface area contributed by atoms with Crippen molar-refractivity contribution in [2.24, 2.45) is 0 Å². The molecule has 26 heavy (non-hydrogen) atoms. The Morgan fingerprint density at radius 3 is 2.38 bits per heavy atom. The largest absolute Gasteiger partial charge is 0.320 e. The second kappa shape index (κ2) is 7.65. The summed E-state index contributed by atoms with van der Waals surface area (Å²) in [6, 6.07) is 11.2. The fraction of sp³-hybridized carbons (Fsp3) is 0.167. The number of thioether (sulfide) groups is 1. The van der Waals surface area contributed by atoms with Crippen molar-refractivity contribution in [3.05, 3.63) is 65.5 Å². The van der Waals surface area contributed by atoms with Crippen molar-refractivity contribution in [2.75, 3.05) is 11.1 Å². The predicted molar refractivity (Wildman–Crippen MR) is 96.5 cm³/mol. The lowest BCUT2D eigenvalue weighted by atomic mass is 10.2. The molecule has 0 radical (unpaired) electrons. The predicted octanol–water partition coefficient (Wildman–Crippen LogP) is 3.89. The van der Waals surface area contributed by atoms with Crippen LogP contribution in [0.4, 0.5) is 14.5 Å². The summed E-state index contributed by atoms with van der Waals surface area (Å²) in [5.41, 5.74) is 1.55. The summed E-state index contributed by atoms with van der Waals surface area (Å²) in [4.78, 5) is 12.1. The average Bonchev–Trinajstić information content (AvgIpc) is 2.98. The molecule has 0 atom stereocenters. The number of aromatic nitrogens is 3. The van der Waals surface area contributed by atoms with Gasteiger partial charge in [0, 0.05) is 5.69 Å². The maximum absolute atomic E-state index is 13.6. The van der Waals surface area contributed by atoms with Crippen molar-refractivity contribution in [3.8, 4) is 5.69 Å². The first-order chi connectivity index (χ1) is 12.5. The average molecular weight is 374 g/mol. The lowest BCUT2D eigenvalue weighted by Crippen LogP contribution is -2.16. The monoisotopic (exact) mass is 374 g/mol. The first-order valence-corrected chi connectivity index (χ1v) is 8.80. The number of para-hydroxylation sites is 1. The number of nitrogens with zero attached hydrogens (tertiary/aromatic N) is 3. The maximum Gasteiger partial charge on any atom is 0.235 e. The molecule has 0 aliphatic heterocycles. The molecule has 3 aromatic rings. The first-order valence-electron chi connectivity index (χ1n) is 7.81. The van der Waals surface area contributed by atoms with Gasteiger partial charge in [0.2, 0.25) is 5.91 Å². The Hall–Kier alpha value is -2.74. The van der Waals surface area contributed by atoms with Gasteiger partial charge >= 0.3 is 0 Å². The highest BCUT2D eigenvalue weighted by atomic mass is 32.2. The zero-order valence-electron chi connectivity index (χ0n) is 14.2. The van der Waals surface area contributed by atoms with Crippen LogP contribution in [0.15, 0.2) is 47.6 Å². The second-order valence-electron chi connectivity index (χ2n) is 5.63. The number of halogens is 2. The molecule has 5 nitrogen and oxygen atoms in total. The van der Waals surface area contributed by atoms with Crippen molar-refractivity contribution in [3.63, 3.8) is 0 Å². The molecule has 0 unspecified atom stereocenters. The van der Waals surface area contributed by atoms with Crippen LogP contribution in [0, 0.1) is 25.5 Å². The maximum atomic E-state index is 13.6. The van der Waals surface area contributed by atoms with Gasteiger partial charge in [0.1, 0.15) is 23.1 Å². The fourth-order valence-corrected chi connectivity index (χ4v) is 3.15. The molecule has 0 saturated carbocycles. The van der Waals surface area contributed by atoms with E-state index in [2.05, 4.69) is 15.5 Å². The number of aryl methyl sites for hydroxylation is 2. The van der Waals surface area contributed by atoms with Gasteiger partial charge in [-0.25, -0.2) is 8.78 Å². The normalized spacial score (nSPS) is 10.8. The number of anilines is 1. The fourth-order valence-electron chi connectivity index (χ4n) is 2.35. The summed E-state index contributed by atoms with van der Waals surface area (Å²) >= 11 is 1.14. The molecule has 0 spiro atoms. The molecule has 2 aromatic carbocycles. The third-order valence-electron chi connectivity index (χ3n) is 3.65. The van der Waals surface area contributed by atoms with Crippen LogP contribution < -0.4 is 5.32 Å². The van der Waals surface area contributed by atoms with Crippen LogP contribution in [-0.4, -0.2) is 26.4 Å². The highest BCUT2D eigenvalue weighted by molar-refractivity contribution is 7.99. The molecule has 134 valence electrons. The van der Waals surface area contributed by atoms with Gasteiger partial charge in [0.15, 0.2) is 5.16 Å². The number of amides is 1. The zero-order valence-corrected chi connectivity index (χ0v) is 15.0. The van der Waals surface area contributed by atoms with E-state index in [0.29, 0.717) is 11.0 Å². The molecule has 0 fully saturated rings. The summed E-state index contributed by atoms with van der Waals surface area (Å²) in [5, 5.41) is 10.9. The molecule has 1 amide bonds. The van der Waals surface area contributed by atoms with E-state index in [1.54, 1.807) is 0 Å². The topological polar surface area (TPSA) is 59.8 Å². The van der Waals surface area contributed by atoms with Gasteiger partial charge in [-0.1, -0.05) is 35.5 Å². The van der Waals surface area contributed by atoms with Crippen molar-refractivity contribution in [1.29, 1.82) is 0 Å². The lowest BCUT2D eigenvalue weighted by Gasteiger charge is -2.09. The summed E-state index contributed by atoms with van der Waals surface area (Å²) in [5.74, 6) is -1.55. The number of nitrogens with one attached hydrogen (secondary N) is 1. The van der Waals surface area contributed by atoms with Crippen molar-refractivity contribution in [1.82, 2.24) is 14.8 Å². The van der Waals surface area contributed by atoms with Crippen LogP contribution >= 0.6 is 11.8 Å². The third kappa shape index (κ3) is 3.91. The van der Waals surface area contributed by atoms with E-state index in [-0.39, 0.29) is 5.75 Å². The lowest BCUT2D eigenvalue weighted by molar-refractivity contribution is -0.113. The van der Waals surface area contributed by atoms with E-state index >= 15 is 0 Å². The van der Waals surface area contributed by atoms with Gasteiger partial charge in [-0.05, 0) is 38.1 Å². The van der Waals surface area contributed by atoms with E-state index in [0.717, 1.165) is 35.1 Å². The molecule has 1 N–H and O–H groups in total. The summed E-state index contributed by atoms with van der Waals surface area (Å²) < 4.78 is 29.0. The van der Waals surface area contributed by atoms with Crippen molar-refractivity contribution in [2.45, 2.75) is 19.0 Å². The Bertz CT molecular complexity index is 921. The van der Waals surface area contributed by atoms with E-state index in [1.807, 2.05) is 42.7 Å². The molecule has 1 heterocycles. The number of hydrogen-bond donors (Lipinski definition) is 1. The van der Waals surface area contributed by atoms with Gasteiger partial charge in [-0.3, -0.25) is 9.36 Å². The van der Waals surface area contributed by atoms with E-state index in [9.17, 15) is 13.6 Å². The van der Waals surface area contributed by atoms with Crippen molar-refractivity contribution >= 4 is 23.4 Å². The van der Waals surface area contributed by atoms with Gasteiger partial charge in [0.05, 0.1) is 5.75 Å². The number of benzene rings is 2. The van der Waals surface area contributed by atoms with Crippen LogP contribution in [0.25, 0.3) is 5.69 Å². The van der Waals surface area contributed by atoms with Gasteiger partial charge < -0.3 is 5.32 Å². The molecule has 8 heteroatoms. The molecule has 0 saturated heterocycles. The molecule has 0 aliphatic rings. The molecular formula is C18H16F2N4OS. The summed E-state index contributed by atoms with van der Waals surface area (Å²) in [6.45, 7) is 3.80. The first kappa shape index (κ1) is 18.1. The molecule has 3 rings (SSSR count). The van der Waals surface area contributed by atoms with Crippen LogP contribution in [0.1, 0.15) is 11.4 Å². The van der Waals surface area contributed by atoms with Gasteiger partial charge in [-0.15, -0.1) is 10.2 Å². The number of rotatable bonds is 5. The Kier molecular flexibility index (Phi) is 5.32. The SMILES string of the molecule is Cc1ccc(-n2c(C)nnc2SCC(=O)Nc2c(F)cccc2F)cc1. The quantitative estimate of drug-likeness (QED) is 0.688. The minimum Gasteiger partial charge on any atom is -0.320 e. The van der Waals surface area contributed by atoms with Gasteiger partial charge in [0.25, 0.3) is 0 Å².